The lowest BCUT2D eigenvalue weighted by molar-refractivity contribution is -0.141. The summed E-state index contributed by atoms with van der Waals surface area (Å²) >= 11 is 0. The van der Waals surface area contributed by atoms with E-state index in [0.717, 1.165) is 5.69 Å². The van der Waals surface area contributed by atoms with Crippen LogP contribution in [0.5, 0.6) is 0 Å². The molecule has 6 nitrogen and oxygen atoms in total. The smallest absolute Gasteiger partial charge is 0.410 e. The molecule has 1 atom stereocenters. The van der Waals surface area contributed by atoms with Crippen LogP contribution in [0.2, 0.25) is 0 Å². The number of methoxy groups -OCH3 is 1. The minimum Gasteiger partial charge on any atom is -0.469 e. The second-order valence-electron chi connectivity index (χ2n) is 6.89. The van der Waals surface area contributed by atoms with Crippen LogP contribution in [0.15, 0.2) is 30.3 Å². The lowest BCUT2D eigenvalue weighted by Gasteiger charge is -2.42. The van der Waals surface area contributed by atoms with Crippen LogP contribution in [0.1, 0.15) is 27.2 Å². The van der Waals surface area contributed by atoms with Crippen LogP contribution < -0.4 is 4.90 Å². The first-order valence-corrected chi connectivity index (χ1v) is 8.16. The molecule has 0 bridgehead atoms. The molecule has 24 heavy (non-hydrogen) atoms. The Morgan fingerprint density at radius 1 is 1.17 bits per heavy atom. The van der Waals surface area contributed by atoms with Gasteiger partial charge in [-0.2, -0.15) is 0 Å². The van der Waals surface area contributed by atoms with E-state index < -0.39 is 5.60 Å². The summed E-state index contributed by atoms with van der Waals surface area (Å²) in [5.74, 6) is -0.285. The highest BCUT2D eigenvalue weighted by atomic mass is 16.6. The number of benzene rings is 1. The van der Waals surface area contributed by atoms with Crippen LogP contribution in [0.3, 0.4) is 0 Å². The zero-order valence-electron chi connectivity index (χ0n) is 14.8. The van der Waals surface area contributed by atoms with Gasteiger partial charge in [-0.05, 0) is 32.9 Å². The summed E-state index contributed by atoms with van der Waals surface area (Å²) in [7, 11) is 1.38. The molecule has 2 rings (SSSR count). The van der Waals surface area contributed by atoms with Crippen molar-refractivity contribution >= 4 is 17.7 Å². The van der Waals surface area contributed by atoms with E-state index in [1.165, 1.54) is 7.11 Å². The summed E-state index contributed by atoms with van der Waals surface area (Å²) in [5, 5.41) is 0. The molecular weight excluding hydrogens is 308 g/mol. The first-order valence-electron chi connectivity index (χ1n) is 8.16. The Morgan fingerprint density at radius 2 is 1.83 bits per heavy atom. The highest BCUT2D eigenvalue weighted by molar-refractivity contribution is 5.72. The number of carbonyl (C=O) groups is 2. The summed E-state index contributed by atoms with van der Waals surface area (Å²) in [5.41, 5.74) is 0.501. The third-order valence-corrected chi connectivity index (χ3v) is 3.85. The van der Waals surface area contributed by atoms with Gasteiger partial charge in [0, 0.05) is 25.3 Å². The van der Waals surface area contributed by atoms with Crippen molar-refractivity contribution in [2.45, 2.75) is 38.8 Å². The number of piperazine rings is 1. The van der Waals surface area contributed by atoms with Crippen molar-refractivity contribution < 1.29 is 19.1 Å². The Labute approximate surface area is 143 Å². The zero-order valence-corrected chi connectivity index (χ0v) is 14.8. The first-order chi connectivity index (χ1) is 11.3. The van der Waals surface area contributed by atoms with Crippen LogP contribution in [0.4, 0.5) is 10.5 Å². The molecule has 1 heterocycles. The molecule has 1 fully saturated rings. The van der Waals surface area contributed by atoms with Gasteiger partial charge < -0.3 is 19.3 Å². The number of hydrogen-bond acceptors (Lipinski definition) is 5. The third-order valence-electron chi connectivity index (χ3n) is 3.85. The van der Waals surface area contributed by atoms with Gasteiger partial charge in [-0.3, -0.25) is 4.79 Å². The highest BCUT2D eigenvalue weighted by Crippen LogP contribution is 2.23. The van der Waals surface area contributed by atoms with Gasteiger partial charge in [0.1, 0.15) is 5.60 Å². The number of nitrogens with zero attached hydrogens (tertiary/aromatic N) is 2. The monoisotopic (exact) mass is 334 g/mol. The number of esters is 1. The van der Waals surface area contributed by atoms with Crippen LogP contribution in [-0.4, -0.2) is 55.3 Å². The van der Waals surface area contributed by atoms with Gasteiger partial charge in [-0.1, -0.05) is 18.2 Å². The fourth-order valence-electron chi connectivity index (χ4n) is 2.76. The molecule has 0 radical (unpaired) electrons. The van der Waals surface area contributed by atoms with Gasteiger partial charge in [0.2, 0.25) is 0 Å². The van der Waals surface area contributed by atoms with E-state index in [4.69, 9.17) is 9.47 Å². The van der Waals surface area contributed by atoms with Crippen LogP contribution in [0.25, 0.3) is 0 Å². The van der Waals surface area contributed by atoms with Crippen LogP contribution >= 0.6 is 0 Å². The van der Waals surface area contributed by atoms with Crippen LogP contribution in [-0.2, 0) is 14.3 Å². The van der Waals surface area contributed by atoms with E-state index in [1.807, 2.05) is 51.1 Å². The molecule has 0 aromatic heterocycles. The topological polar surface area (TPSA) is 59.1 Å². The Hall–Kier alpha value is -2.24. The van der Waals surface area contributed by atoms with Gasteiger partial charge in [-0.25, -0.2) is 4.79 Å². The molecular formula is C18H26N2O4. The average molecular weight is 334 g/mol. The zero-order chi connectivity index (χ0) is 17.7. The van der Waals surface area contributed by atoms with Gasteiger partial charge in [0.05, 0.1) is 19.6 Å². The van der Waals surface area contributed by atoms with Gasteiger partial charge in [0.25, 0.3) is 0 Å². The molecule has 1 amide bonds. The molecule has 0 N–H and O–H groups in total. The molecule has 1 aliphatic heterocycles. The molecule has 1 aromatic carbocycles. The predicted molar refractivity (Wildman–Crippen MR) is 92.0 cm³/mol. The minimum atomic E-state index is -0.536. The van der Waals surface area contributed by atoms with Crippen molar-refractivity contribution in [1.29, 1.82) is 0 Å². The number of ether oxygens (including phenoxy) is 2. The Kier molecular flexibility index (Phi) is 5.70. The summed E-state index contributed by atoms with van der Waals surface area (Å²) in [6, 6.07) is 9.76. The quantitative estimate of drug-likeness (QED) is 0.796. The fourth-order valence-corrected chi connectivity index (χ4v) is 2.76. The number of amides is 1. The van der Waals surface area contributed by atoms with Crippen LogP contribution in [0, 0.1) is 0 Å². The van der Waals surface area contributed by atoms with Crippen molar-refractivity contribution in [3.63, 3.8) is 0 Å². The predicted octanol–water partition coefficient (Wildman–Crippen LogP) is 2.68. The van der Waals surface area contributed by atoms with Crippen molar-refractivity contribution in [2.24, 2.45) is 0 Å². The molecule has 0 aliphatic carbocycles. The standard InChI is InChI=1S/C18H26N2O4/c1-18(2,3)24-17(22)19-10-11-20(14-8-6-5-7-9-14)15(13-19)12-16(21)23-4/h5-9,15H,10-13H2,1-4H3. The fraction of sp³-hybridized carbons (Fsp3) is 0.556. The van der Waals surface area contributed by atoms with Crippen molar-refractivity contribution in [1.82, 2.24) is 4.90 Å². The maximum Gasteiger partial charge on any atom is 0.410 e. The molecule has 0 spiro atoms. The van der Waals surface area contributed by atoms with E-state index in [0.29, 0.717) is 19.6 Å². The van der Waals surface area contributed by atoms with E-state index in [2.05, 4.69) is 4.90 Å². The number of hydrogen-bond donors (Lipinski definition) is 0. The Bertz CT molecular complexity index is 568. The molecule has 1 aliphatic rings. The van der Waals surface area contributed by atoms with Gasteiger partial charge in [-0.15, -0.1) is 0 Å². The lowest BCUT2D eigenvalue weighted by Crippen LogP contribution is -2.56. The van der Waals surface area contributed by atoms with E-state index in [-0.39, 0.29) is 24.5 Å². The lowest BCUT2D eigenvalue weighted by atomic mass is 10.1. The maximum absolute atomic E-state index is 12.3. The molecule has 1 aromatic rings. The molecule has 132 valence electrons. The van der Waals surface area contributed by atoms with E-state index in [9.17, 15) is 9.59 Å². The van der Waals surface area contributed by atoms with Crippen molar-refractivity contribution in [3.8, 4) is 0 Å². The molecule has 1 unspecified atom stereocenters. The first kappa shape index (κ1) is 18.1. The number of carbonyl (C=O) groups excluding carboxylic acids is 2. The summed E-state index contributed by atoms with van der Waals surface area (Å²) in [4.78, 5) is 27.9. The third kappa shape index (κ3) is 4.88. The Balaban J connectivity index is 2.13. The summed E-state index contributed by atoms with van der Waals surface area (Å²) in [6.07, 6.45) is -0.116. The molecule has 0 saturated carbocycles. The Morgan fingerprint density at radius 3 is 2.42 bits per heavy atom. The van der Waals surface area contributed by atoms with Crippen molar-refractivity contribution in [3.05, 3.63) is 30.3 Å². The second kappa shape index (κ2) is 7.55. The second-order valence-corrected chi connectivity index (χ2v) is 6.89. The number of rotatable bonds is 3. The number of para-hydroxylation sites is 1. The van der Waals surface area contributed by atoms with E-state index in [1.54, 1.807) is 4.90 Å². The number of anilines is 1. The molecule has 1 saturated heterocycles. The maximum atomic E-state index is 12.3. The van der Waals surface area contributed by atoms with Gasteiger partial charge >= 0.3 is 12.1 Å². The normalized spacial score (nSPS) is 18.2. The highest BCUT2D eigenvalue weighted by Gasteiger charge is 2.33. The summed E-state index contributed by atoms with van der Waals surface area (Å²) in [6.45, 7) is 7.16. The largest absolute Gasteiger partial charge is 0.469 e. The minimum absolute atomic E-state index is 0.138. The van der Waals surface area contributed by atoms with Crippen molar-refractivity contribution in [2.75, 3.05) is 31.6 Å². The molecule has 6 heteroatoms. The van der Waals surface area contributed by atoms with E-state index >= 15 is 0 Å². The average Bonchev–Trinajstić information content (AvgIpc) is 2.54. The SMILES string of the molecule is COC(=O)CC1CN(C(=O)OC(C)(C)C)CCN1c1ccccc1. The van der Waals surface area contributed by atoms with Gasteiger partial charge in [0.15, 0.2) is 0 Å². The summed E-state index contributed by atoms with van der Waals surface area (Å²) < 4.78 is 10.3.